The van der Waals surface area contributed by atoms with E-state index in [1.54, 1.807) is 0 Å². The van der Waals surface area contributed by atoms with Gasteiger partial charge in [-0.3, -0.25) is 9.59 Å². The Kier molecular flexibility index (Phi) is 7.18. The molecule has 0 aliphatic heterocycles. The Morgan fingerprint density at radius 3 is 2.52 bits per heavy atom. The minimum absolute atomic E-state index is 0.258. The summed E-state index contributed by atoms with van der Waals surface area (Å²) in [4.78, 5) is 26.0. The molecule has 142 valence electrons. The van der Waals surface area contributed by atoms with Gasteiger partial charge in [0, 0.05) is 21.2 Å². The molecule has 1 amide bonds. The van der Waals surface area contributed by atoms with Crippen molar-refractivity contribution >= 4 is 40.9 Å². The van der Waals surface area contributed by atoms with Crippen LogP contribution in [-0.2, 0) is 14.3 Å². The van der Waals surface area contributed by atoms with Crippen molar-refractivity contribution in [2.45, 2.75) is 41.9 Å². The number of rotatable bonds is 7. The van der Waals surface area contributed by atoms with E-state index in [-0.39, 0.29) is 18.5 Å². The molecule has 27 heavy (non-hydrogen) atoms. The van der Waals surface area contributed by atoms with Crippen LogP contribution in [0.2, 0.25) is 5.02 Å². The van der Waals surface area contributed by atoms with Crippen LogP contribution in [0.25, 0.3) is 0 Å². The lowest BCUT2D eigenvalue weighted by atomic mass is 10.1. The van der Waals surface area contributed by atoms with E-state index in [0.29, 0.717) is 23.0 Å². The Hall–Kier alpha value is -1.98. The van der Waals surface area contributed by atoms with Crippen molar-refractivity contribution in [2.75, 3.05) is 11.9 Å². The zero-order valence-electron chi connectivity index (χ0n) is 14.9. The smallest absolute Gasteiger partial charge is 0.306 e. The number of benzene rings is 2. The average Bonchev–Trinajstić information content (AvgIpc) is 3.16. The summed E-state index contributed by atoms with van der Waals surface area (Å²) < 4.78 is 5.14. The highest BCUT2D eigenvalue weighted by Gasteiger charge is 2.20. The Labute approximate surface area is 168 Å². The molecule has 2 aromatic carbocycles. The van der Waals surface area contributed by atoms with Gasteiger partial charge in [-0.05, 0) is 55.2 Å². The number of para-hydroxylation sites is 1. The molecule has 0 heterocycles. The molecule has 0 unspecified atom stereocenters. The summed E-state index contributed by atoms with van der Waals surface area (Å²) in [6, 6.07) is 15.0. The first-order chi connectivity index (χ1) is 13.1. The highest BCUT2D eigenvalue weighted by molar-refractivity contribution is 7.99. The number of esters is 1. The van der Waals surface area contributed by atoms with Gasteiger partial charge in [0.05, 0.1) is 5.69 Å². The van der Waals surface area contributed by atoms with Gasteiger partial charge < -0.3 is 10.1 Å². The zero-order chi connectivity index (χ0) is 19.1. The third kappa shape index (κ3) is 6.29. The molecule has 0 bridgehead atoms. The number of halogens is 1. The quantitative estimate of drug-likeness (QED) is 0.615. The van der Waals surface area contributed by atoms with Crippen molar-refractivity contribution in [2.24, 2.45) is 5.92 Å². The van der Waals surface area contributed by atoms with Gasteiger partial charge in [-0.1, -0.05) is 48.3 Å². The van der Waals surface area contributed by atoms with Crippen LogP contribution in [0.5, 0.6) is 0 Å². The van der Waals surface area contributed by atoms with Gasteiger partial charge in [-0.15, -0.1) is 0 Å². The molecule has 4 nitrogen and oxygen atoms in total. The average molecular weight is 404 g/mol. The molecular formula is C21H22ClNO3S. The largest absolute Gasteiger partial charge is 0.456 e. The first kappa shape index (κ1) is 19.8. The number of nitrogens with one attached hydrogen (secondary N) is 1. The van der Waals surface area contributed by atoms with Crippen LogP contribution in [0, 0.1) is 5.92 Å². The number of hydrogen-bond acceptors (Lipinski definition) is 4. The SMILES string of the molecule is O=C(COC(=O)CC1CCCC1)Nc1ccccc1Sc1ccc(Cl)cc1. The van der Waals surface area contributed by atoms with Gasteiger partial charge in [0.15, 0.2) is 6.61 Å². The van der Waals surface area contributed by atoms with E-state index in [1.165, 1.54) is 24.6 Å². The van der Waals surface area contributed by atoms with Crippen LogP contribution in [0.4, 0.5) is 5.69 Å². The van der Waals surface area contributed by atoms with Crippen molar-refractivity contribution in [3.8, 4) is 0 Å². The molecule has 0 spiro atoms. The summed E-state index contributed by atoms with van der Waals surface area (Å²) in [5, 5.41) is 3.51. The van der Waals surface area contributed by atoms with Crippen molar-refractivity contribution in [3.63, 3.8) is 0 Å². The van der Waals surface area contributed by atoms with Crippen LogP contribution in [0.3, 0.4) is 0 Å². The maximum atomic E-state index is 12.2. The zero-order valence-corrected chi connectivity index (χ0v) is 16.5. The number of ether oxygens (including phenoxy) is 1. The Morgan fingerprint density at radius 1 is 1.07 bits per heavy atom. The molecule has 1 aliphatic rings. The van der Waals surface area contributed by atoms with E-state index in [0.717, 1.165) is 22.6 Å². The molecule has 1 aliphatic carbocycles. The fourth-order valence-electron chi connectivity index (χ4n) is 3.13. The monoisotopic (exact) mass is 403 g/mol. The van der Waals surface area contributed by atoms with Crippen LogP contribution in [0.15, 0.2) is 58.3 Å². The van der Waals surface area contributed by atoms with E-state index < -0.39 is 0 Å². The Balaban J connectivity index is 1.52. The van der Waals surface area contributed by atoms with E-state index in [2.05, 4.69) is 5.32 Å². The van der Waals surface area contributed by atoms with Gasteiger partial charge in [0.25, 0.3) is 5.91 Å². The van der Waals surface area contributed by atoms with Gasteiger partial charge in [-0.25, -0.2) is 0 Å². The molecule has 1 N–H and O–H groups in total. The van der Waals surface area contributed by atoms with E-state index >= 15 is 0 Å². The predicted octanol–water partition coefficient (Wildman–Crippen LogP) is 5.55. The lowest BCUT2D eigenvalue weighted by molar-refractivity contribution is -0.148. The van der Waals surface area contributed by atoms with Gasteiger partial charge in [0.2, 0.25) is 0 Å². The number of hydrogen-bond donors (Lipinski definition) is 1. The standard InChI is InChI=1S/C21H22ClNO3S/c22-16-9-11-17(12-10-16)27-19-8-4-3-7-18(19)23-20(24)14-26-21(25)13-15-5-1-2-6-15/h3-4,7-12,15H,1-2,5-6,13-14H2,(H,23,24). The van der Waals surface area contributed by atoms with Crippen molar-refractivity contribution in [3.05, 3.63) is 53.6 Å². The maximum absolute atomic E-state index is 12.2. The first-order valence-electron chi connectivity index (χ1n) is 9.08. The fraction of sp³-hybridized carbons (Fsp3) is 0.333. The molecule has 0 radical (unpaired) electrons. The third-order valence-electron chi connectivity index (χ3n) is 4.50. The number of carbonyl (C=O) groups is 2. The molecular weight excluding hydrogens is 382 g/mol. The van der Waals surface area contributed by atoms with Crippen LogP contribution in [-0.4, -0.2) is 18.5 Å². The fourth-order valence-corrected chi connectivity index (χ4v) is 4.16. The van der Waals surface area contributed by atoms with Crippen LogP contribution >= 0.6 is 23.4 Å². The number of carbonyl (C=O) groups excluding carboxylic acids is 2. The van der Waals surface area contributed by atoms with Gasteiger partial charge >= 0.3 is 5.97 Å². The molecule has 1 fully saturated rings. The van der Waals surface area contributed by atoms with Crippen molar-refractivity contribution in [1.82, 2.24) is 0 Å². The van der Waals surface area contributed by atoms with Gasteiger partial charge in [0.1, 0.15) is 0 Å². The highest BCUT2D eigenvalue weighted by Crippen LogP contribution is 2.34. The molecule has 0 saturated heterocycles. The second kappa shape index (κ2) is 9.81. The molecule has 2 aromatic rings. The van der Waals surface area contributed by atoms with Crippen molar-refractivity contribution < 1.29 is 14.3 Å². The molecule has 3 rings (SSSR count). The number of amides is 1. The summed E-state index contributed by atoms with van der Waals surface area (Å²) in [7, 11) is 0. The minimum atomic E-state index is -0.334. The minimum Gasteiger partial charge on any atom is -0.456 e. The summed E-state index contributed by atoms with van der Waals surface area (Å²) in [6.45, 7) is -0.258. The van der Waals surface area contributed by atoms with Crippen molar-refractivity contribution in [1.29, 1.82) is 0 Å². The highest BCUT2D eigenvalue weighted by atomic mass is 35.5. The predicted molar refractivity (Wildman–Crippen MR) is 108 cm³/mol. The lowest BCUT2D eigenvalue weighted by Crippen LogP contribution is -2.22. The summed E-state index contributed by atoms with van der Waals surface area (Å²) in [5.74, 6) is -0.211. The Morgan fingerprint density at radius 2 is 1.78 bits per heavy atom. The summed E-state index contributed by atoms with van der Waals surface area (Å²) in [6.07, 6.45) is 4.93. The van der Waals surface area contributed by atoms with Crippen LogP contribution in [0.1, 0.15) is 32.1 Å². The lowest BCUT2D eigenvalue weighted by Gasteiger charge is -2.12. The van der Waals surface area contributed by atoms with Crippen LogP contribution < -0.4 is 5.32 Å². The number of anilines is 1. The normalized spacial score (nSPS) is 14.1. The molecule has 1 saturated carbocycles. The third-order valence-corrected chi connectivity index (χ3v) is 5.83. The van der Waals surface area contributed by atoms with E-state index in [1.807, 2.05) is 48.5 Å². The molecule has 0 aromatic heterocycles. The maximum Gasteiger partial charge on any atom is 0.306 e. The first-order valence-corrected chi connectivity index (χ1v) is 10.3. The second-order valence-corrected chi connectivity index (χ2v) is 8.17. The summed E-state index contributed by atoms with van der Waals surface area (Å²) in [5.41, 5.74) is 0.689. The Bertz CT molecular complexity index is 788. The topological polar surface area (TPSA) is 55.4 Å². The van der Waals surface area contributed by atoms with E-state index in [9.17, 15) is 9.59 Å². The van der Waals surface area contributed by atoms with Gasteiger partial charge in [-0.2, -0.15) is 0 Å². The second-order valence-electron chi connectivity index (χ2n) is 6.62. The van der Waals surface area contributed by atoms with E-state index in [4.69, 9.17) is 16.3 Å². The molecule has 6 heteroatoms. The summed E-state index contributed by atoms with van der Waals surface area (Å²) >= 11 is 7.45. The molecule has 0 atom stereocenters.